The molecular formula is C62H113NO3. The number of hydrogen-bond acceptors (Lipinski definition) is 3. The molecule has 384 valence electrons. The van der Waals surface area contributed by atoms with Crippen molar-refractivity contribution in [2.24, 2.45) is 0 Å². The van der Waals surface area contributed by atoms with Crippen LogP contribution in [0.2, 0.25) is 0 Å². The highest BCUT2D eigenvalue weighted by Crippen LogP contribution is 2.17. The van der Waals surface area contributed by atoms with Gasteiger partial charge in [0.1, 0.15) is 0 Å². The molecule has 0 radical (unpaired) electrons. The number of carbonyl (C=O) groups excluding carboxylic acids is 1. The Labute approximate surface area is 412 Å². The lowest BCUT2D eigenvalue weighted by Gasteiger charge is -2.19. The molecule has 3 N–H and O–H groups in total. The molecule has 0 heterocycles. The standard InChI is InChI=1S/C62H113NO3/c1-3-5-7-9-11-13-15-17-19-21-22-23-24-25-26-27-28-29-30-31-32-33-34-35-36-37-38-39-40-42-44-46-48-50-52-54-56-58-62(66)63-60(59-64)61(65)57-55-53-51-49-47-45-43-41-20-18-16-14-12-10-8-6-4-2/h5,7,11,13,17,19,22-23,47,49,55,57,60-61,64-65H,3-4,6,8-10,12,14-16,18,20-21,24-46,48,50-54,56,58-59H2,1-2H3,(H,63,66)/b7-5-,13-11-,19-17-,23-22-,49-47+,57-55+. The molecule has 2 atom stereocenters. The Kier molecular flexibility index (Phi) is 55.3. The fourth-order valence-electron chi connectivity index (χ4n) is 8.78. The molecule has 0 aliphatic carbocycles. The van der Waals surface area contributed by atoms with E-state index < -0.39 is 12.1 Å². The van der Waals surface area contributed by atoms with E-state index in [-0.39, 0.29) is 12.5 Å². The normalized spacial score (nSPS) is 13.3. The molecule has 0 aromatic rings. The van der Waals surface area contributed by atoms with Gasteiger partial charge in [0.15, 0.2) is 0 Å². The third kappa shape index (κ3) is 52.8. The smallest absolute Gasteiger partial charge is 0.220 e. The SMILES string of the molecule is CC/C=C\C/C=C\C/C=C\C/C=C\CCCCCCCCCCCCCCCCCCCCCCCCCCC(=O)NC(CO)C(O)/C=C/CC/C=C/CCCCCCCCCCCCC. The van der Waals surface area contributed by atoms with E-state index in [9.17, 15) is 15.0 Å². The highest BCUT2D eigenvalue weighted by atomic mass is 16.3. The Balaban J connectivity index is 3.45. The lowest BCUT2D eigenvalue weighted by atomic mass is 10.0. The predicted octanol–water partition coefficient (Wildman–Crippen LogP) is 19.4. The van der Waals surface area contributed by atoms with Gasteiger partial charge in [-0.05, 0) is 70.6 Å². The zero-order valence-corrected chi connectivity index (χ0v) is 44.2. The second kappa shape index (κ2) is 57.1. The zero-order valence-electron chi connectivity index (χ0n) is 44.2. The molecule has 0 bridgehead atoms. The third-order valence-electron chi connectivity index (χ3n) is 13.2. The third-order valence-corrected chi connectivity index (χ3v) is 13.2. The zero-order chi connectivity index (χ0) is 47.7. The van der Waals surface area contributed by atoms with Crippen molar-refractivity contribution in [2.75, 3.05) is 6.61 Å². The van der Waals surface area contributed by atoms with Crippen LogP contribution >= 0.6 is 0 Å². The summed E-state index contributed by atoms with van der Waals surface area (Å²) >= 11 is 0. The summed E-state index contributed by atoms with van der Waals surface area (Å²) in [5.41, 5.74) is 0. The van der Waals surface area contributed by atoms with Gasteiger partial charge >= 0.3 is 0 Å². The fraction of sp³-hybridized carbons (Fsp3) is 0.790. The van der Waals surface area contributed by atoms with Crippen molar-refractivity contribution in [3.8, 4) is 0 Å². The van der Waals surface area contributed by atoms with Gasteiger partial charge in [0.05, 0.1) is 18.8 Å². The van der Waals surface area contributed by atoms with Crippen molar-refractivity contribution >= 4 is 5.91 Å². The number of rotatable bonds is 53. The van der Waals surface area contributed by atoms with Gasteiger partial charge in [0.25, 0.3) is 0 Å². The average molecular weight is 921 g/mol. The molecule has 0 aromatic heterocycles. The molecule has 0 aliphatic rings. The number of allylic oxidation sites excluding steroid dienone is 11. The molecule has 4 heteroatoms. The monoisotopic (exact) mass is 920 g/mol. The summed E-state index contributed by atoms with van der Waals surface area (Å²) in [6.07, 6.45) is 82.3. The van der Waals surface area contributed by atoms with Crippen LogP contribution in [0.1, 0.15) is 296 Å². The lowest BCUT2D eigenvalue weighted by molar-refractivity contribution is -0.123. The molecule has 0 aromatic carbocycles. The van der Waals surface area contributed by atoms with E-state index in [1.54, 1.807) is 6.08 Å². The highest BCUT2D eigenvalue weighted by Gasteiger charge is 2.18. The van der Waals surface area contributed by atoms with Gasteiger partial charge in [-0.25, -0.2) is 0 Å². The largest absolute Gasteiger partial charge is 0.394 e. The summed E-state index contributed by atoms with van der Waals surface area (Å²) in [6, 6.07) is -0.639. The van der Waals surface area contributed by atoms with E-state index in [0.29, 0.717) is 6.42 Å². The number of hydrogen-bond donors (Lipinski definition) is 3. The Morgan fingerprint density at radius 2 is 0.682 bits per heavy atom. The van der Waals surface area contributed by atoms with Crippen LogP contribution in [0.3, 0.4) is 0 Å². The summed E-state index contributed by atoms with van der Waals surface area (Å²) in [5.74, 6) is -0.0703. The quantitative estimate of drug-likeness (QED) is 0.0421. The fourth-order valence-corrected chi connectivity index (χ4v) is 8.78. The number of nitrogens with one attached hydrogen (secondary N) is 1. The van der Waals surface area contributed by atoms with Gasteiger partial charge in [0, 0.05) is 6.42 Å². The summed E-state index contributed by atoms with van der Waals surface area (Å²) in [6.45, 7) is 4.20. The molecule has 0 saturated carbocycles. The maximum absolute atomic E-state index is 12.5. The molecule has 1 amide bonds. The van der Waals surface area contributed by atoms with Crippen molar-refractivity contribution in [3.63, 3.8) is 0 Å². The second-order valence-electron chi connectivity index (χ2n) is 19.7. The van der Waals surface area contributed by atoms with Crippen LogP contribution in [0.5, 0.6) is 0 Å². The van der Waals surface area contributed by atoms with E-state index in [2.05, 4.69) is 79.9 Å². The number of aliphatic hydroxyl groups is 2. The highest BCUT2D eigenvalue weighted by molar-refractivity contribution is 5.76. The first-order chi connectivity index (χ1) is 32.7. The Hall–Kier alpha value is -2.17. The maximum Gasteiger partial charge on any atom is 0.220 e. The van der Waals surface area contributed by atoms with E-state index in [1.165, 1.54) is 218 Å². The molecule has 4 nitrogen and oxygen atoms in total. The Morgan fingerprint density at radius 3 is 1.06 bits per heavy atom. The number of unbranched alkanes of at least 4 members (excludes halogenated alkanes) is 36. The molecule has 0 rings (SSSR count). The van der Waals surface area contributed by atoms with E-state index >= 15 is 0 Å². The number of amides is 1. The van der Waals surface area contributed by atoms with Crippen LogP contribution in [-0.2, 0) is 4.79 Å². The Bertz CT molecular complexity index is 1130. The Morgan fingerprint density at radius 1 is 0.379 bits per heavy atom. The van der Waals surface area contributed by atoms with Crippen LogP contribution in [0.4, 0.5) is 0 Å². The molecule has 0 fully saturated rings. The van der Waals surface area contributed by atoms with Gasteiger partial charge in [-0.3, -0.25) is 4.79 Å². The summed E-state index contributed by atoms with van der Waals surface area (Å²) in [7, 11) is 0. The van der Waals surface area contributed by atoms with Crippen LogP contribution in [-0.4, -0.2) is 34.9 Å². The van der Waals surface area contributed by atoms with Crippen molar-refractivity contribution in [3.05, 3.63) is 72.9 Å². The van der Waals surface area contributed by atoms with Gasteiger partial charge < -0.3 is 15.5 Å². The van der Waals surface area contributed by atoms with Crippen molar-refractivity contribution in [1.29, 1.82) is 0 Å². The summed E-state index contributed by atoms with van der Waals surface area (Å²) < 4.78 is 0. The molecule has 66 heavy (non-hydrogen) atoms. The van der Waals surface area contributed by atoms with Gasteiger partial charge in [-0.15, -0.1) is 0 Å². The van der Waals surface area contributed by atoms with Gasteiger partial charge in [-0.1, -0.05) is 292 Å². The van der Waals surface area contributed by atoms with E-state index in [0.717, 1.165) is 57.8 Å². The minimum atomic E-state index is -0.862. The van der Waals surface area contributed by atoms with E-state index in [4.69, 9.17) is 0 Å². The first-order valence-corrected chi connectivity index (χ1v) is 29.2. The van der Waals surface area contributed by atoms with Crippen molar-refractivity contribution in [2.45, 2.75) is 309 Å². The first kappa shape index (κ1) is 63.8. The summed E-state index contributed by atoms with van der Waals surface area (Å²) in [5, 5.41) is 23.1. The topological polar surface area (TPSA) is 69.6 Å². The molecule has 0 aliphatic heterocycles. The van der Waals surface area contributed by atoms with Gasteiger partial charge in [-0.2, -0.15) is 0 Å². The lowest BCUT2D eigenvalue weighted by Crippen LogP contribution is -2.45. The van der Waals surface area contributed by atoms with Gasteiger partial charge in [0.2, 0.25) is 5.91 Å². The molecule has 0 spiro atoms. The van der Waals surface area contributed by atoms with Crippen LogP contribution in [0.15, 0.2) is 72.9 Å². The number of carbonyl (C=O) groups is 1. The maximum atomic E-state index is 12.5. The van der Waals surface area contributed by atoms with Crippen LogP contribution < -0.4 is 5.32 Å². The van der Waals surface area contributed by atoms with Crippen molar-refractivity contribution < 1.29 is 15.0 Å². The first-order valence-electron chi connectivity index (χ1n) is 29.2. The minimum absolute atomic E-state index is 0.0703. The molecule has 0 saturated heterocycles. The van der Waals surface area contributed by atoms with E-state index in [1.807, 2.05) is 6.08 Å². The second-order valence-corrected chi connectivity index (χ2v) is 19.7. The molecule has 2 unspecified atom stereocenters. The average Bonchev–Trinajstić information content (AvgIpc) is 3.32. The molecular weight excluding hydrogens is 807 g/mol. The number of aliphatic hydroxyl groups excluding tert-OH is 2. The van der Waals surface area contributed by atoms with Crippen molar-refractivity contribution in [1.82, 2.24) is 5.32 Å². The van der Waals surface area contributed by atoms with Crippen LogP contribution in [0, 0.1) is 0 Å². The summed E-state index contributed by atoms with van der Waals surface area (Å²) in [4.78, 5) is 12.5. The van der Waals surface area contributed by atoms with Crippen LogP contribution in [0.25, 0.3) is 0 Å². The predicted molar refractivity (Wildman–Crippen MR) is 294 cm³/mol. The minimum Gasteiger partial charge on any atom is -0.394 e.